The number of amides is 1. The van der Waals surface area contributed by atoms with E-state index in [9.17, 15) is 9.18 Å². The second-order valence-electron chi connectivity index (χ2n) is 8.86. The highest BCUT2D eigenvalue weighted by Crippen LogP contribution is 2.49. The van der Waals surface area contributed by atoms with Crippen LogP contribution in [0.5, 0.6) is 5.75 Å². The van der Waals surface area contributed by atoms with Crippen LogP contribution in [-0.4, -0.2) is 54.6 Å². The number of nitrogens with zero attached hydrogens (tertiary/aromatic N) is 4. The second kappa shape index (κ2) is 8.06. The van der Waals surface area contributed by atoms with Gasteiger partial charge in [0.2, 0.25) is 5.91 Å². The SMILES string of the molecule is COc1c(F)cccc1C1(NCC(=O)N2CC3CCC(C2)N3c2ccc(C#N)cn2)CC1. The van der Waals surface area contributed by atoms with Gasteiger partial charge in [0.1, 0.15) is 11.9 Å². The topological polar surface area (TPSA) is 81.5 Å². The summed E-state index contributed by atoms with van der Waals surface area (Å²) in [7, 11) is 1.47. The zero-order valence-electron chi connectivity index (χ0n) is 18.1. The molecule has 2 aliphatic heterocycles. The molecule has 166 valence electrons. The number of aromatic nitrogens is 1. The number of methoxy groups -OCH3 is 1. The van der Waals surface area contributed by atoms with Crippen LogP contribution in [0.1, 0.15) is 36.8 Å². The van der Waals surface area contributed by atoms with E-state index in [4.69, 9.17) is 10.00 Å². The molecule has 5 rings (SSSR count). The zero-order chi connectivity index (χ0) is 22.3. The van der Waals surface area contributed by atoms with Crippen molar-refractivity contribution in [3.63, 3.8) is 0 Å². The lowest BCUT2D eigenvalue weighted by atomic mass is 10.0. The molecule has 1 amide bonds. The van der Waals surface area contributed by atoms with Gasteiger partial charge in [-0.15, -0.1) is 0 Å². The Morgan fingerprint density at radius 3 is 2.62 bits per heavy atom. The van der Waals surface area contributed by atoms with Crippen LogP contribution in [0.4, 0.5) is 10.2 Å². The number of carbonyl (C=O) groups excluding carboxylic acids is 1. The number of rotatable bonds is 6. The fourth-order valence-corrected chi connectivity index (χ4v) is 5.20. The van der Waals surface area contributed by atoms with Crippen LogP contribution < -0.4 is 15.0 Å². The number of pyridine rings is 1. The fraction of sp³-hybridized carbons (Fsp3) is 0.458. The predicted octanol–water partition coefficient (Wildman–Crippen LogP) is 2.56. The molecule has 1 N–H and O–H groups in total. The number of anilines is 1. The van der Waals surface area contributed by atoms with Crippen molar-refractivity contribution < 1.29 is 13.9 Å². The number of benzene rings is 1. The van der Waals surface area contributed by atoms with Gasteiger partial charge in [-0.05, 0) is 43.9 Å². The van der Waals surface area contributed by atoms with E-state index in [2.05, 4.69) is 21.3 Å². The van der Waals surface area contributed by atoms with Crippen molar-refractivity contribution in [1.82, 2.24) is 15.2 Å². The van der Waals surface area contributed by atoms with Gasteiger partial charge in [0, 0.05) is 42.5 Å². The normalized spacial score (nSPS) is 23.0. The highest BCUT2D eigenvalue weighted by Gasteiger charge is 2.47. The molecule has 0 spiro atoms. The molecule has 7 nitrogen and oxygen atoms in total. The number of para-hydroxylation sites is 1. The Kier molecular flexibility index (Phi) is 5.22. The molecule has 2 unspecified atom stereocenters. The van der Waals surface area contributed by atoms with Gasteiger partial charge < -0.3 is 14.5 Å². The molecule has 2 aromatic rings. The smallest absolute Gasteiger partial charge is 0.236 e. The molecule has 3 fully saturated rings. The molecule has 1 aromatic carbocycles. The van der Waals surface area contributed by atoms with Crippen molar-refractivity contribution in [2.24, 2.45) is 0 Å². The van der Waals surface area contributed by atoms with Crippen LogP contribution in [0, 0.1) is 17.1 Å². The molecule has 8 heteroatoms. The molecular weight excluding hydrogens is 409 g/mol. The number of likely N-dealkylation sites (tertiary alicyclic amines) is 1. The Morgan fingerprint density at radius 2 is 2.03 bits per heavy atom. The highest BCUT2D eigenvalue weighted by molar-refractivity contribution is 5.79. The van der Waals surface area contributed by atoms with Crippen LogP contribution in [0.15, 0.2) is 36.5 Å². The van der Waals surface area contributed by atoms with E-state index < -0.39 is 5.54 Å². The Balaban J connectivity index is 1.24. The maximum Gasteiger partial charge on any atom is 0.236 e. The number of nitriles is 1. The second-order valence-corrected chi connectivity index (χ2v) is 8.86. The molecule has 2 atom stereocenters. The number of ether oxygens (including phenoxy) is 1. The van der Waals surface area contributed by atoms with E-state index in [1.165, 1.54) is 13.2 Å². The van der Waals surface area contributed by atoms with Gasteiger partial charge in [0.15, 0.2) is 11.6 Å². The van der Waals surface area contributed by atoms with Gasteiger partial charge in [0.25, 0.3) is 0 Å². The zero-order valence-corrected chi connectivity index (χ0v) is 18.1. The minimum Gasteiger partial charge on any atom is -0.493 e. The lowest BCUT2D eigenvalue weighted by Gasteiger charge is -2.42. The summed E-state index contributed by atoms with van der Waals surface area (Å²) >= 11 is 0. The van der Waals surface area contributed by atoms with Crippen LogP contribution in [0.3, 0.4) is 0 Å². The minimum atomic E-state index is -0.393. The van der Waals surface area contributed by atoms with Crippen LogP contribution in [0.25, 0.3) is 0 Å². The monoisotopic (exact) mass is 435 g/mol. The Bertz CT molecular complexity index is 1050. The maximum absolute atomic E-state index is 14.2. The van der Waals surface area contributed by atoms with Crippen LogP contribution in [0.2, 0.25) is 0 Å². The van der Waals surface area contributed by atoms with Gasteiger partial charge >= 0.3 is 0 Å². The van der Waals surface area contributed by atoms with E-state index in [1.54, 1.807) is 18.3 Å². The summed E-state index contributed by atoms with van der Waals surface area (Å²) < 4.78 is 19.4. The Hall–Kier alpha value is -3.18. The quantitative estimate of drug-likeness (QED) is 0.751. The van der Waals surface area contributed by atoms with E-state index in [0.717, 1.165) is 37.1 Å². The standard InChI is InChI=1S/C24H26FN5O2/c1-32-23-19(3-2-4-20(23)25)24(9-10-24)28-13-22(31)29-14-17-6-7-18(15-29)30(17)21-8-5-16(11-26)12-27-21/h2-5,8,12,17-18,28H,6-7,9-10,13-15H2,1H3. The third kappa shape index (κ3) is 3.56. The van der Waals surface area contributed by atoms with Crippen molar-refractivity contribution in [3.8, 4) is 11.8 Å². The van der Waals surface area contributed by atoms with Crippen molar-refractivity contribution in [2.45, 2.75) is 43.3 Å². The van der Waals surface area contributed by atoms with Crippen LogP contribution in [-0.2, 0) is 10.3 Å². The molecule has 2 saturated heterocycles. The first-order valence-corrected chi connectivity index (χ1v) is 11.0. The summed E-state index contributed by atoms with van der Waals surface area (Å²) in [5.41, 5.74) is 0.936. The first kappa shape index (κ1) is 20.7. The molecule has 2 bridgehead atoms. The fourth-order valence-electron chi connectivity index (χ4n) is 5.20. The Labute approximate surface area is 186 Å². The average Bonchev–Trinajstić information content (AvgIpc) is 3.56. The van der Waals surface area contributed by atoms with Gasteiger partial charge in [-0.1, -0.05) is 12.1 Å². The summed E-state index contributed by atoms with van der Waals surface area (Å²) in [6.45, 7) is 1.54. The third-order valence-electron chi connectivity index (χ3n) is 6.99. The highest BCUT2D eigenvalue weighted by atomic mass is 19.1. The molecule has 32 heavy (non-hydrogen) atoms. The van der Waals surface area contributed by atoms with Crippen molar-refractivity contribution >= 4 is 11.7 Å². The van der Waals surface area contributed by atoms with E-state index in [1.807, 2.05) is 17.0 Å². The van der Waals surface area contributed by atoms with E-state index in [0.29, 0.717) is 18.7 Å². The predicted molar refractivity (Wildman–Crippen MR) is 117 cm³/mol. The van der Waals surface area contributed by atoms with Crippen molar-refractivity contribution in [2.75, 3.05) is 31.6 Å². The summed E-state index contributed by atoms with van der Waals surface area (Å²) in [6, 6.07) is 11.2. The van der Waals surface area contributed by atoms with Gasteiger partial charge in [-0.25, -0.2) is 9.37 Å². The summed E-state index contributed by atoms with van der Waals surface area (Å²) in [4.78, 5) is 21.8. The number of halogens is 1. The number of hydrogen-bond acceptors (Lipinski definition) is 6. The largest absolute Gasteiger partial charge is 0.493 e. The Morgan fingerprint density at radius 1 is 1.28 bits per heavy atom. The van der Waals surface area contributed by atoms with Gasteiger partial charge in [0.05, 0.1) is 19.2 Å². The molecule has 3 heterocycles. The first-order valence-electron chi connectivity index (χ1n) is 11.0. The lowest BCUT2D eigenvalue weighted by Crippen LogP contribution is -2.57. The summed E-state index contributed by atoms with van der Waals surface area (Å²) in [5.74, 6) is 0.813. The number of piperazine rings is 1. The molecule has 1 aromatic heterocycles. The van der Waals surface area contributed by atoms with E-state index >= 15 is 0 Å². The number of carbonyl (C=O) groups is 1. The summed E-state index contributed by atoms with van der Waals surface area (Å²) in [5, 5.41) is 12.4. The summed E-state index contributed by atoms with van der Waals surface area (Å²) in [6.07, 6.45) is 5.35. The number of nitrogens with one attached hydrogen (secondary N) is 1. The maximum atomic E-state index is 14.2. The molecule has 0 radical (unpaired) electrons. The first-order chi connectivity index (χ1) is 15.5. The van der Waals surface area contributed by atoms with Gasteiger partial charge in [-0.3, -0.25) is 10.1 Å². The number of hydrogen-bond donors (Lipinski definition) is 1. The molecule has 3 aliphatic rings. The third-order valence-corrected chi connectivity index (χ3v) is 6.99. The van der Waals surface area contributed by atoms with Crippen molar-refractivity contribution in [3.05, 3.63) is 53.5 Å². The van der Waals surface area contributed by atoms with Gasteiger partial charge in [-0.2, -0.15) is 5.26 Å². The average molecular weight is 436 g/mol. The van der Waals surface area contributed by atoms with E-state index in [-0.39, 0.29) is 36.1 Å². The molecule has 1 aliphatic carbocycles. The molecular formula is C24H26FN5O2. The van der Waals surface area contributed by atoms with Crippen molar-refractivity contribution in [1.29, 1.82) is 5.26 Å². The minimum absolute atomic E-state index is 0.0657. The molecule has 1 saturated carbocycles. The number of fused-ring (bicyclic) bond motifs is 2. The lowest BCUT2D eigenvalue weighted by molar-refractivity contribution is -0.131. The van der Waals surface area contributed by atoms with Crippen LogP contribution >= 0.6 is 0 Å².